The number of carbonyl (C=O) groups is 2. The van der Waals surface area contributed by atoms with Gasteiger partial charge in [0.1, 0.15) is 6.04 Å². The molecule has 4 rings (SSSR count). The average Bonchev–Trinajstić information content (AvgIpc) is 3.02. The number of aryl methyl sites for hydroxylation is 1. The van der Waals surface area contributed by atoms with Crippen molar-refractivity contribution >= 4 is 11.9 Å². The smallest absolute Gasteiger partial charge is 0.315 e. The highest BCUT2D eigenvalue weighted by Gasteiger charge is 2.57. The molecular formula is C18H23N3O2. The standard InChI is InChI=1S/C18H23N3O2/c1-21-9-7-15(16(21)22)20-17(23)19-11-13-10-18(13)8-6-12-4-2-3-5-14(12)18/h2-5,13,15H,6-11H2,1H3,(H2,19,20,23)/t13-,15-,18-/m0/s1. The predicted molar refractivity (Wildman–Crippen MR) is 87.1 cm³/mol. The Hall–Kier alpha value is -2.04. The predicted octanol–water partition coefficient (Wildman–Crippen LogP) is 1.42. The van der Waals surface area contributed by atoms with Crippen LogP contribution in [0, 0.1) is 5.92 Å². The van der Waals surface area contributed by atoms with Gasteiger partial charge in [0.25, 0.3) is 0 Å². The van der Waals surface area contributed by atoms with Crippen LogP contribution in [-0.2, 0) is 16.6 Å². The van der Waals surface area contributed by atoms with Crippen molar-refractivity contribution in [3.05, 3.63) is 35.4 Å². The molecule has 1 aliphatic heterocycles. The summed E-state index contributed by atoms with van der Waals surface area (Å²) in [6, 6.07) is 8.12. The number of rotatable bonds is 3. The minimum Gasteiger partial charge on any atom is -0.344 e. The minimum atomic E-state index is -0.361. The summed E-state index contributed by atoms with van der Waals surface area (Å²) in [6.45, 7) is 1.41. The Morgan fingerprint density at radius 3 is 3.00 bits per heavy atom. The number of likely N-dealkylation sites (tertiary alicyclic amines) is 1. The van der Waals surface area contributed by atoms with Gasteiger partial charge >= 0.3 is 6.03 Å². The number of hydrogen-bond donors (Lipinski definition) is 2. The number of carbonyl (C=O) groups excluding carboxylic acids is 2. The molecule has 1 aromatic rings. The number of urea groups is 1. The Morgan fingerprint density at radius 2 is 2.22 bits per heavy atom. The molecule has 122 valence electrons. The number of nitrogens with one attached hydrogen (secondary N) is 2. The van der Waals surface area contributed by atoms with Gasteiger partial charge in [0.05, 0.1) is 0 Å². The van der Waals surface area contributed by atoms with E-state index in [0.717, 1.165) is 12.8 Å². The second-order valence-corrected chi connectivity index (χ2v) is 7.17. The highest BCUT2D eigenvalue weighted by Crippen LogP contribution is 2.61. The number of hydrogen-bond acceptors (Lipinski definition) is 2. The van der Waals surface area contributed by atoms with Crippen molar-refractivity contribution in [2.45, 2.75) is 37.1 Å². The normalized spacial score (nSPS) is 31.3. The van der Waals surface area contributed by atoms with Gasteiger partial charge in [-0.05, 0) is 42.7 Å². The van der Waals surface area contributed by atoms with E-state index in [0.29, 0.717) is 30.8 Å². The molecule has 1 saturated heterocycles. The van der Waals surface area contributed by atoms with E-state index in [1.54, 1.807) is 11.9 Å². The molecule has 1 aromatic carbocycles. The van der Waals surface area contributed by atoms with Crippen LogP contribution in [0.5, 0.6) is 0 Å². The molecule has 3 atom stereocenters. The lowest BCUT2D eigenvalue weighted by atomic mass is 9.95. The maximum absolute atomic E-state index is 12.0. The fraction of sp³-hybridized carbons (Fsp3) is 0.556. The van der Waals surface area contributed by atoms with Gasteiger partial charge in [-0.25, -0.2) is 4.79 Å². The molecule has 0 unspecified atom stereocenters. The maximum Gasteiger partial charge on any atom is 0.315 e. The minimum absolute atomic E-state index is 0.00719. The topological polar surface area (TPSA) is 61.4 Å². The molecule has 2 N–H and O–H groups in total. The van der Waals surface area contributed by atoms with Gasteiger partial charge in [-0.15, -0.1) is 0 Å². The number of fused-ring (bicyclic) bond motifs is 2. The summed E-state index contributed by atoms with van der Waals surface area (Å²) in [7, 11) is 1.77. The SMILES string of the molecule is CN1CC[C@H](NC(=O)NC[C@@H]2C[C@@]23CCc2ccccc23)C1=O. The molecule has 1 saturated carbocycles. The van der Waals surface area contributed by atoms with Crippen LogP contribution in [0.1, 0.15) is 30.4 Å². The molecule has 0 radical (unpaired) electrons. The largest absolute Gasteiger partial charge is 0.344 e. The lowest BCUT2D eigenvalue weighted by Gasteiger charge is -2.15. The average molecular weight is 313 g/mol. The summed E-state index contributed by atoms with van der Waals surface area (Å²) >= 11 is 0. The van der Waals surface area contributed by atoms with Crippen molar-refractivity contribution in [2.75, 3.05) is 20.1 Å². The Bertz CT molecular complexity index is 659. The van der Waals surface area contributed by atoms with Gasteiger partial charge in [0.2, 0.25) is 5.91 Å². The molecule has 1 heterocycles. The maximum atomic E-state index is 12.0. The number of nitrogens with zero attached hydrogens (tertiary/aromatic N) is 1. The van der Waals surface area contributed by atoms with Crippen molar-refractivity contribution in [2.24, 2.45) is 5.92 Å². The van der Waals surface area contributed by atoms with Gasteiger partial charge < -0.3 is 15.5 Å². The number of amides is 3. The zero-order valence-corrected chi connectivity index (χ0v) is 13.5. The fourth-order valence-corrected chi connectivity index (χ4v) is 4.38. The molecule has 2 fully saturated rings. The quantitative estimate of drug-likeness (QED) is 0.886. The van der Waals surface area contributed by atoms with Gasteiger partial charge in [-0.3, -0.25) is 4.79 Å². The van der Waals surface area contributed by atoms with Gasteiger partial charge in [-0.1, -0.05) is 24.3 Å². The zero-order valence-electron chi connectivity index (χ0n) is 13.5. The molecule has 3 amide bonds. The third kappa shape index (κ3) is 2.38. The van der Waals surface area contributed by atoms with E-state index in [4.69, 9.17) is 0 Å². The second-order valence-electron chi connectivity index (χ2n) is 7.17. The van der Waals surface area contributed by atoms with E-state index in [2.05, 4.69) is 34.9 Å². The van der Waals surface area contributed by atoms with E-state index in [1.807, 2.05) is 0 Å². The van der Waals surface area contributed by atoms with E-state index in [-0.39, 0.29) is 18.0 Å². The fourth-order valence-electron chi connectivity index (χ4n) is 4.38. The summed E-state index contributed by atoms with van der Waals surface area (Å²) in [4.78, 5) is 25.5. The Balaban J connectivity index is 1.30. The lowest BCUT2D eigenvalue weighted by Crippen LogP contribution is -2.46. The van der Waals surface area contributed by atoms with Gasteiger partial charge in [0, 0.05) is 25.6 Å². The first-order valence-corrected chi connectivity index (χ1v) is 8.48. The van der Waals surface area contributed by atoms with Crippen molar-refractivity contribution in [3.63, 3.8) is 0 Å². The third-order valence-electron chi connectivity index (χ3n) is 5.87. The molecule has 5 heteroatoms. The highest BCUT2D eigenvalue weighted by molar-refractivity contribution is 5.88. The molecule has 23 heavy (non-hydrogen) atoms. The summed E-state index contributed by atoms with van der Waals surface area (Å²) in [6.07, 6.45) is 4.22. The zero-order chi connectivity index (χ0) is 16.0. The number of likely N-dealkylation sites (N-methyl/N-ethyl adjacent to an activating group) is 1. The summed E-state index contributed by atoms with van der Waals surface area (Å²) in [5.41, 5.74) is 3.26. The van der Waals surface area contributed by atoms with Gasteiger partial charge in [0.15, 0.2) is 0 Å². The van der Waals surface area contributed by atoms with Crippen LogP contribution in [0.25, 0.3) is 0 Å². The van der Waals surface area contributed by atoms with Crippen LogP contribution >= 0.6 is 0 Å². The molecule has 0 bridgehead atoms. The van der Waals surface area contributed by atoms with Crippen LogP contribution in [0.4, 0.5) is 4.79 Å². The Morgan fingerprint density at radius 1 is 1.39 bits per heavy atom. The van der Waals surface area contributed by atoms with Crippen LogP contribution in [-0.4, -0.2) is 43.0 Å². The summed E-state index contributed by atoms with van der Waals surface area (Å²) in [5.74, 6) is 0.534. The van der Waals surface area contributed by atoms with Crippen molar-refractivity contribution in [1.29, 1.82) is 0 Å². The van der Waals surface area contributed by atoms with Crippen LogP contribution in [0.3, 0.4) is 0 Å². The lowest BCUT2D eigenvalue weighted by molar-refractivity contribution is -0.128. The second kappa shape index (κ2) is 5.25. The molecule has 0 aromatic heterocycles. The third-order valence-corrected chi connectivity index (χ3v) is 5.87. The first kappa shape index (κ1) is 14.5. The molecular weight excluding hydrogens is 290 g/mol. The van der Waals surface area contributed by atoms with Crippen molar-refractivity contribution in [1.82, 2.24) is 15.5 Å². The van der Waals surface area contributed by atoms with Crippen molar-refractivity contribution in [3.8, 4) is 0 Å². The van der Waals surface area contributed by atoms with E-state index >= 15 is 0 Å². The summed E-state index contributed by atoms with van der Waals surface area (Å²) in [5, 5.41) is 5.77. The van der Waals surface area contributed by atoms with Crippen LogP contribution in [0.15, 0.2) is 24.3 Å². The van der Waals surface area contributed by atoms with E-state index < -0.39 is 0 Å². The first-order chi connectivity index (χ1) is 11.1. The molecule has 2 aliphatic carbocycles. The molecule has 5 nitrogen and oxygen atoms in total. The van der Waals surface area contributed by atoms with E-state index in [1.165, 1.54) is 17.5 Å². The Kier molecular flexibility index (Phi) is 3.32. The summed E-state index contributed by atoms with van der Waals surface area (Å²) < 4.78 is 0. The molecule has 1 spiro atoms. The highest BCUT2D eigenvalue weighted by atomic mass is 16.2. The first-order valence-electron chi connectivity index (χ1n) is 8.48. The van der Waals surface area contributed by atoms with E-state index in [9.17, 15) is 9.59 Å². The van der Waals surface area contributed by atoms with Crippen LogP contribution < -0.4 is 10.6 Å². The molecule has 3 aliphatic rings. The van der Waals surface area contributed by atoms with Crippen molar-refractivity contribution < 1.29 is 9.59 Å². The number of benzene rings is 1. The monoisotopic (exact) mass is 313 g/mol. The Labute approximate surface area is 136 Å². The van der Waals surface area contributed by atoms with Gasteiger partial charge in [-0.2, -0.15) is 0 Å². The van der Waals surface area contributed by atoms with Crippen LogP contribution in [0.2, 0.25) is 0 Å².